The number of nitrogens with zero attached hydrogens (tertiary/aromatic N) is 1. The molecule has 0 amide bonds. The van der Waals surface area contributed by atoms with Crippen molar-refractivity contribution < 1.29 is 0 Å². The van der Waals surface area contributed by atoms with Crippen LogP contribution in [0.2, 0.25) is 0 Å². The highest BCUT2D eigenvalue weighted by Crippen LogP contribution is 2.22. The second-order valence-electron chi connectivity index (χ2n) is 4.40. The van der Waals surface area contributed by atoms with Gasteiger partial charge in [0.2, 0.25) is 0 Å². The maximum atomic E-state index is 6.16. The zero-order valence-corrected chi connectivity index (χ0v) is 11.4. The molecule has 0 aliphatic heterocycles. The maximum Gasteiger partial charge on any atom is 0.0300 e. The van der Waals surface area contributed by atoms with Gasteiger partial charge in [-0.2, -0.15) is 0 Å². The lowest BCUT2D eigenvalue weighted by Gasteiger charge is -2.12. The second-order valence-corrected chi connectivity index (χ2v) is 5.46. The van der Waals surface area contributed by atoms with E-state index in [0.29, 0.717) is 0 Å². The lowest BCUT2D eigenvalue weighted by Crippen LogP contribution is -2.25. The van der Waals surface area contributed by atoms with Crippen LogP contribution in [0.5, 0.6) is 0 Å². The molecule has 2 N–H and O–H groups in total. The standard InChI is InChI=1S/C15H18N2S/c1-12-5-2-3-7-15(12)18-11-14(16)9-13-6-4-8-17-10-13/h2-8,10,14H,9,11,16H2,1H3. The summed E-state index contributed by atoms with van der Waals surface area (Å²) in [5.74, 6) is 0.930. The maximum absolute atomic E-state index is 6.16. The van der Waals surface area contributed by atoms with Gasteiger partial charge in [-0.15, -0.1) is 11.8 Å². The number of benzene rings is 1. The van der Waals surface area contributed by atoms with Gasteiger partial charge in [0.25, 0.3) is 0 Å². The summed E-state index contributed by atoms with van der Waals surface area (Å²) in [6, 6.07) is 12.6. The molecule has 1 aromatic carbocycles. The van der Waals surface area contributed by atoms with Crippen molar-refractivity contribution in [2.45, 2.75) is 24.3 Å². The summed E-state index contributed by atoms with van der Waals surface area (Å²) in [5.41, 5.74) is 8.67. The number of aryl methyl sites for hydroxylation is 1. The fraction of sp³-hybridized carbons (Fsp3) is 0.267. The Hall–Kier alpha value is -1.32. The van der Waals surface area contributed by atoms with Crippen LogP contribution in [0, 0.1) is 6.92 Å². The van der Waals surface area contributed by atoms with Crippen molar-refractivity contribution >= 4 is 11.8 Å². The van der Waals surface area contributed by atoms with E-state index < -0.39 is 0 Å². The van der Waals surface area contributed by atoms with Crippen LogP contribution in [-0.4, -0.2) is 16.8 Å². The number of aromatic nitrogens is 1. The van der Waals surface area contributed by atoms with Crippen LogP contribution < -0.4 is 5.73 Å². The van der Waals surface area contributed by atoms with Gasteiger partial charge >= 0.3 is 0 Å². The molecule has 0 spiro atoms. The van der Waals surface area contributed by atoms with E-state index in [4.69, 9.17) is 5.73 Å². The fourth-order valence-electron chi connectivity index (χ4n) is 1.80. The first kappa shape index (κ1) is 13.1. The number of thioether (sulfide) groups is 1. The topological polar surface area (TPSA) is 38.9 Å². The van der Waals surface area contributed by atoms with E-state index in [1.54, 1.807) is 6.20 Å². The summed E-state index contributed by atoms with van der Waals surface area (Å²) in [5, 5.41) is 0. The summed E-state index contributed by atoms with van der Waals surface area (Å²) >= 11 is 1.83. The number of nitrogens with two attached hydrogens (primary N) is 1. The Bertz CT molecular complexity index is 485. The van der Waals surface area contributed by atoms with Gasteiger partial charge in [-0.3, -0.25) is 4.98 Å². The molecular weight excluding hydrogens is 240 g/mol. The molecule has 0 bridgehead atoms. The summed E-state index contributed by atoms with van der Waals surface area (Å²) < 4.78 is 0. The predicted molar refractivity (Wildman–Crippen MR) is 77.8 cm³/mol. The van der Waals surface area contributed by atoms with Gasteiger partial charge in [-0.25, -0.2) is 0 Å². The van der Waals surface area contributed by atoms with Crippen molar-refractivity contribution in [2.75, 3.05) is 5.75 Å². The lowest BCUT2D eigenvalue weighted by atomic mass is 10.1. The van der Waals surface area contributed by atoms with Crippen molar-refractivity contribution in [3.05, 3.63) is 59.9 Å². The van der Waals surface area contributed by atoms with E-state index in [-0.39, 0.29) is 6.04 Å². The first-order chi connectivity index (χ1) is 8.75. The molecule has 18 heavy (non-hydrogen) atoms. The minimum absolute atomic E-state index is 0.166. The molecule has 3 heteroatoms. The molecule has 0 aliphatic rings. The summed E-state index contributed by atoms with van der Waals surface area (Å²) in [4.78, 5) is 5.43. The highest BCUT2D eigenvalue weighted by atomic mass is 32.2. The van der Waals surface area contributed by atoms with Gasteiger partial charge in [-0.05, 0) is 36.6 Å². The van der Waals surface area contributed by atoms with E-state index in [0.717, 1.165) is 12.2 Å². The largest absolute Gasteiger partial charge is 0.327 e. The quantitative estimate of drug-likeness (QED) is 0.838. The SMILES string of the molecule is Cc1ccccc1SCC(N)Cc1cccnc1. The highest BCUT2D eigenvalue weighted by Gasteiger charge is 2.06. The Morgan fingerprint density at radius 1 is 1.22 bits per heavy atom. The predicted octanol–water partition coefficient (Wildman–Crippen LogP) is 3.05. The number of hydrogen-bond donors (Lipinski definition) is 1. The number of hydrogen-bond acceptors (Lipinski definition) is 3. The van der Waals surface area contributed by atoms with Gasteiger partial charge in [0.05, 0.1) is 0 Å². The summed E-state index contributed by atoms with van der Waals surface area (Å²) in [7, 11) is 0. The minimum atomic E-state index is 0.166. The first-order valence-electron chi connectivity index (χ1n) is 6.08. The van der Waals surface area contributed by atoms with Crippen LogP contribution >= 0.6 is 11.8 Å². The first-order valence-corrected chi connectivity index (χ1v) is 7.07. The van der Waals surface area contributed by atoms with Crippen LogP contribution in [-0.2, 0) is 6.42 Å². The van der Waals surface area contributed by atoms with Crippen LogP contribution in [0.15, 0.2) is 53.7 Å². The lowest BCUT2D eigenvalue weighted by molar-refractivity contribution is 0.746. The normalized spacial score (nSPS) is 12.3. The molecule has 2 aromatic rings. The molecule has 0 aliphatic carbocycles. The summed E-state index contributed by atoms with van der Waals surface area (Å²) in [6.07, 6.45) is 4.56. The Morgan fingerprint density at radius 2 is 2.06 bits per heavy atom. The highest BCUT2D eigenvalue weighted by molar-refractivity contribution is 7.99. The Kier molecular flexibility index (Phi) is 4.79. The van der Waals surface area contributed by atoms with Crippen LogP contribution in [0.25, 0.3) is 0 Å². The molecule has 1 atom stereocenters. The van der Waals surface area contributed by atoms with Gasteiger partial charge in [0.1, 0.15) is 0 Å². The average Bonchev–Trinajstić information content (AvgIpc) is 2.39. The van der Waals surface area contributed by atoms with Crippen LogP contribution in [0.3, 0.4) is 0 Å². The van der Waals surface area contributed by atoms with E-state index >= 15 is 0 Å². The van der Waals surface area contributed by atoms with Crippen molar-refractivity contribution in [2.24, 2.45) is 5.73 Å². The van der Waals surface area contributed by atoms with Crippen molar-refractivity contribution in [1.29, 1.82) is 0 Å². The van der Waals surface area contributed by atoms with Crippen LogP contribution in [0.4, 0.5) is 0 Å². The van der Waals surface area contributed by atoms with Gasteiger partial charge < -0.3 is 5.73 Å². The number of pyridine rings is 1. The monoisotopic (exact) mass is 258 g/mol. The average molecular weight is 258 g/mol. The molecule has 2 rings (SSSR count). The van der Waals surface area contributed by atoms with Crippen molar-refractivity contribution in [1.82, 2.24) is 4.98 Å². The van der Waals surface area contributed by atoms with Gasteiger partial charge in [0.15, 0.2) is 0 Å². The zero-order chi connectivity index (χ0) is 12.8. The third kappa shape index (κ3) is 3.86. The number of rotatable bonds is 5. The van der Waals surface area contributed by atoms with E-state index in [9.17, 15) is 0 Å². The molecule has 0 saturated carbocycles. The zero-order valence-electron chi connectivity index (χ0n) is 10.5. The molecule has 0 fully saturated rings. The second kappa shape index (κ2) is 6.57. The fourth-order valence-corrected chi connectivity index (χ4v) is 2.78. The van der Waals surface area contributed by atoms with Crippen molar-refractivity contribution in [3.63, 3.8) is 0 Å². The van der Waals surface area contributed by atoms with Crippen molar-refractivity contribution in [3.8, 4) is 0 Å². The molecule has 1 heterocycles. The Labute approximate surface area is 113 Å². The van der Waals surface area contributed by atoms with E-state index in [2.05, 4.69) is 42.2 Å². The Balaban J connectivity index is 1.86. The van der Waals surface area contributed by atoms with Crippen LogP contribution in [0.1, 0.15) is 11.1 Å². The van der Waals surface area contributed by atoms with E-state index in [1.165, 1.54) is 16.0 Å². The summed E-state index contributed by atoms with van der Waals surface area (Å²) in [6.45, 7) is 2.13. The smallest absolute Gasteiger partial charge is 0.0300 e. The van der Waals surface area contributed by atoms with Gasteiger partial charge in [0, 0.05) is 29.1 Å². The molecule has 1 aromatic heterocycles. The molecule has 94 valence electrons. The third-order valence-corrected chi connectivity index (χ3v) is 4.13. The molecule has 0 saturated heterocycles. The Morgan fingerprint density at radius 3 is 2.78 bits per heavy atom. The minimum Gasteiger partial charge on any atom is -0.327 e. The molecule has 1 unspecified atom stereocenters. The molecule has 2 nitrogen and oxygen atoms in total. The molecular formula is C15H18N2S. The molecule has 0 radical (unpaired) electrons. The third-order valence-electron chi connectivity index (χ3n) is 2.77. The van der Waals surface area contributed by atoms with Gasteiger partial charge in [-0.1, -0.05) is 24.3 Å². The van der Waals surface area contributed by atoms with E-state index in [1.807, 2.05) is 24.0 Å².